The minimum atomic E-state index is -0.0795. The number of aryl methyl sites for hydroxylation is 3. The molecule has 5 heteroatoms. The van der Waals surface area contributed by atoms with Gasteiger partial charge in [0.25, 0.3) is 5.56 Å². The highest BCUT2D eigenvalue weighted by Crippen LogP contribution is 2.26. The Morgan fingerprint density at radius 3 is 2.87 bits per heavy atom. The van der Waals surface area contributed by atoms with Gasteiger partial charge in [-0.15, -0.1) is 10.2 Å². The Morgan fingerprint density at radius 1 is 1.17 bits per heavy atom. The molecule has 1 aliphatic heterocycles. The van der Waals surface area contributed by atoms with E-state index in [1.54, 1.807) is 11.5 Å². The minimum absolute atomic E-state index is 0.0795. The van der Waals surface area contributed by atoms with Gasteiger partial charge >= 0.3 is 0 Å². The summed E-state index contributed by atoms with van der Waals surface area (Å²) in [5, 5.41) is 8.10. The Labute approximate surface area is 136 Å². The van der Waals surface area contributed by atoms with Gasteiger partial charge in [-0.05, 0) is 43.5 Å². The van der Waals surface area contributed by atoms with Gasteiger partial charge in [0.05, 0.1) is 12.3 Å². The first-order valence-corrected chi connectivity index (χ1v) is 8.42. The lowest BCUT2D eigenvalue weighted by atomic mass is 10.0. The number of hydrogen-bond acceptors (Lipinski definition) is 4. The number of hydrogen-bond donors (Lipinski definition) is 0. The third kappa shape index (κ3) is 3.28. The smallest absolute Gasteiger partial charge is 0.279 e. The predicted molar refractivity (Wildman–Crippen MR) is 89.4 cm³/mol. The molecule has 0 aliphatic carbocycles. The Hall–Kier alpha value is -2.17. The van der Waals surface area contributed by atoms with Crippen LogP contribution >= 0.6 is 0 Å². The maximum atomic E-state index is 12.4. The molecular formula is C18H23N3O2. The van der Waals surface area contributed by atoms with Crippen LogP contribution in [0.25, 0.3) is 5.69 Å². The van der Waals surface area contributed by atoms with Gasteiger partial charge in [-0.25, -0.2) is 0 Å². The highest BCUT2D eigenvalue weighted by molar-refractivity contribution is 5.48. The normalized spacial score (nSPS) is 12.6. The van der Waals surface area contributed by atoms with Crippen LogP contribution in [0.1, 0.15) is 49.7 Å². The lowest BCUT2D eigenvalue weighted by Gasteiger charge is -2.21. The molecule has 1 aliphatic rings. The highest BCUT2D eigenvalue weighted by Gasteiger charge is 2.20. The number of aromatic nitrogens is 3. The van der Waals surface area contributed by atoms with Crippen LogP contribution in [0.5, 0.6) is 5.75 Å². The molecule has 0 fully saturated rings. The van der Waals surface area contributed by atoms with E-state index in [0.717, 1.165) is 48.7 Å². The first kappa shape index (κ1) is 15.7. The van der Waals surface area contributed by atoms with Crippen molar-refractivity contribution >= 4 is 0 Å². The third-order valence-corrected chi connectivity index (χ3v) is 4.26. The molecule has 1 aromatic carbocycles. The molecule has 23 heavy (non-hydrogen) atoms. The summed E-state index contributed by atoms with van der Waals surface area (Å²) in [6.07, 6.45) is 6.38. The Bertz CT molecular complexity index is 752. The number of ether oxygens (including phenoxy) is 1. The molecule has 0 spiro atoms. The number of benzene rings is 1. The molecule has 1 aromatic heterocycles. The van der Waals surface area contributed by atoms with Crippen LogP contribution in [0.3, 0.4) is 0 Å². The van der Waals surface area contributed by atoms with Gasteiger partial charge in [0.15, 0.2) is 0 Å². The molecule has 0 bridgehead atoms. The largest absolute Gasteiger partial charge is 0.494 e. The number of nitrogens with zero attached hydrogens (tertiary/aromatic N) is 3. The molecule has 0 radical (unpaired) electrons. The maximum Gasteiger partial charge on any atom is 0.279 e. The van der Waals surface area contributed by atoms with Gasteiger partial charge in [-0.1, -0.05) is 26.2 Å². The Morgan fingerprint density at radius 2 is 2.04 bits per heavy atom. The van der Waals surface area contributed by atoms with Gasteiger partial charge in [0, 0.05) is 6.42 Å². The summed E-state index contributed by atoms with van der Waals surface area (Å²) in [5.74, 6) is 1.62. The first-order chi connectivity index (χ1) is 11.2. The second kappa shape index (κ2) is 6.94. The number of fused-ring (bicyclic) bond motifs is 3. The molecule has 0 saturated heterocycles. The summed E-state index contributed by atoms with van der Waals surface area (Å²) in [7, 11) is 0. The zero-order valence-electron chi connectivity index (χ0n) is 13.8. The molecule has 122 valence electrons. The second-order valence-corrected chi connectivity index (χ2v) is 6.04. The molecule has 0 amide bonds. The molecule has 0 atom stereocenters. The summed E-state index contributed by atoms with van der Waals surface area (Å²) in [6, 6.07) is 5.96. The second-order valence-electron chi connectivity index (χ2n) is 6.04. The van der Waals surface area contributed by atoms with E-state index < -0.39 is 0 Å². The van der Waals surface area contributed by atoms with E-state index >= 15 is 0 Å². The summed E-state index contributed by atoms with van der Waals surface area (Å²) >= 11 is 0. The molecule has 5 nitrogen and oxygen atoms in total. The van der Waals surface area contributed by atoms with Crippen LogP contribution in [-0.2, 0) is 12.8 Å². The van der Waals surface area contributed by atoms with Crippen molar-refractivity contribution in [3.8, 4) is 11.4 Å². The van der Waals surface area contributed by atoms with E-state index in [1.807, 2.05) is 12.1 Å². The van der Waals surface area contributed by atoms with Crippen molar-refractivity contribution < 1.29 is 4.74 Å². The molecule has 3 rings (SSSR count). The van der Waals surface area contributed by atoms with Crippen molar-refractivity contribution in [3.05, 3.63) is 45.6 Å². The minimum Gasteiger partial charge on any atom is -0.494 e. The summed E-state index contributed by atoms with van der Waals surface area (Å²) in [5.41, 5.74) is 2.40. The lowest BCUT2D eigenvalue weighted by Crippen LogP contribution is -2.30. The Kier molecular flexibility index (Phi) is 4.74. The van der Waals surface area contributed by atoms with Crippen LogP contribution < -0.4 is 10.3 Å². The fourth-order valence-corrected chi connectivity index (χ4v) is 2.94. The van der Waals surface area contributed by atoms with E-state index in [4.69, 9.17) is 4.74 Å². The summed E-state index contributed by atoms with van der Waals surface area (Å²) < 4.78 is 7.53. The van der Waals surface area contributed by atoms with E-state index in [2.05, 4.69) is 23.2 Å². The lowest BCUT2D eigenvalue weighted by molar-refractivity contribution is 0.304. The molecular weight excluding hydrogens is 290 g/mol. The molecule has 2 heterocycles. The number of unbranched alkanes of at least 4 members (excludes halogenated alkanes) is 3. The molecule has 0 saturated carbocycles. The van der Waals surface area contributed by atoms with Crippen LogP contribution in [0.15, 0.2) is 23.0 Å². The third-order valence-electron chi connectivity index (χ3n) is 4.26. The first-order valence-electron chi connectivity index (χ1n) is 8.42. The average Bonchev–Trinajstić information content (AvgIpc) is 2.57. The fraction of sp³-hybridized carbons (Fsp3) is 0.500. The SMILES string of the molecule is CCCCCCOc1ccc2c(c1)CCc1nnc(C)c(=O)n1-2. The van der Waals surface area contributed by atoms with E-state index in [-0.39, 0.29) is 5.56 Å². The average molecular weight is 313 g/mol. The van der Waals surface area contributed by atoms with Gasteiger partial charge < -0.3 is 4.74 Å². The zero-order valence-corrected chi connectivity index (χ0v) is 13.8. The molecule has 2 aromatic rings. The van der Waals surface area contributed by atoms with E-state index in [1.165, 1.54) is 19.3 Å². The highest BCUT2D eigenvalue weighted by atomic mass is 16.5. The summed E-state index contributed by atoms with van der Waals surface area (Å²) in [6.45, 7) is 4.65. The van der Waals surface area contributed by atoms with Crippen LogP contribution in [-0.4, -0.2) is 21.4 Å². The van der Waals surface area contributed by atoms with Crippen molar-refractivity contribution in [1.29, 1.82) is 0 Å². The van der Waals surface area contributed by atoms with Crippen molar-refractivity contribution in [2.45, 2.75) is 52.4 Å². The summed E-state index contributed by atoms with van der Waals surface area (Å²) in [4.78, 5) is 12.4. The van der Waals surface area contributed by atoms with Crippen molar-refractivity contribution in [2.75, 3.05) is 6.61 Å². The van der Waals surface area contributed by atoms with Crippen molar-refractivity contribution in [3.63, 3.8) is 0 Å². The van der Waals surface area contributed by atoms with Gasteiger partial charge in [-0.2, -0.15) is 0 Å². The van der Waals surface area contributed by atoms with E-state index in [9.17, 15) is 4.79 Å². The van der Waals surface area contributed by atoms with Gasteiger partial charge in [-0.3, -0.25) is 9.36 Å². The maximum absolute atomic E-state index is 12.4. The van der Waals surface area contributed by atoms with Crippen LogP contribution in [0, 0.1) is 6.92 Å². The predicted octanol–water partition coefficient (Wildman–Crippen LogP) is 2.99. The van der Waals surface area contributed by atoms with Crippen molar-refractivity contribution in [2.24, 2.45) is 0 Å². The van der Waals surface area contributed by atoms with Crippen LogP contribution in [0.4, 0.5) is 0 Å². The molecule has 0 N–H and O–H groups in total. The zero-order chi connectivity index (χ0) is 16.2. The Balaban J connectivity index is 1.79. The number of rotatable bonds is 6. The van der Waals surface area contributed by atoms with E-state index in [0.29, 0.717) is 5.69 Å². The quantitative estimate of drug-likeness (QED) is 0.769. The van der Waals surface area contributed by atoms with Gasteiger partial charge in [0.1, 0.15) is 17.3 Å². The van der Waals surface area contributed by atoms with Crippen LogP contribution in [0.2, 0.25) is 0 Å². The van der Waals surface area contributed by atoms with Crippen molar-refractivity contribution in [1.82, 2.24) is 14.8 Å². The molecule has 0 unspecified atom stereocenters. The topological polar surface area (TPSA) is 57.0 Å². The monoisotopic (exact) mass is 313 g/mol. The fourth-order valence-electron chi connectivity index (χ4n) is 2.94. The van der Waals surface area contributed by atoms with Gasteiger partial charge in [0.2, 0.25) is 0 Å². The standard InChI is InChI=1S/C18H23N3O2/c1-3-4-5-6-11-23-15-8-9-16-14(12-15)7-10-17-20-19-13(2)18(22)21(16)17/h8-9,12H,3-7,10-11H2,1-2H3.